The zero-order valence-corrected chi connectivity index (χ0v) is 11.3. The van der Waals surface area contributed by atoms with Crippen LogP contribution < -0.4 is 5.32 Å². The van der Waals surface area contributed by atoms with Crippen molar-refractivity contribution in [3.63, 3.8) is 0 Å². The molecule has 0 saturated heterocycles. The lowest BCUT2D eigenvalue weighted by molar-refractivity contribution is -0.153. The third kappa shape index (κ3) is 6.86. The van der Waals surface area contributed by atoms with Crippen molar-refractivity contribution < 1.29 is 9.53 Å². The Labute approximate surface area is 109 Å². The largest absolute Gasteiger partial charge is 0.459 e. The smallest absolute Gasteiger partial charge is 0.320 e. The molecule has 0 aliphatic heterocycles. The predicted octanol–water partition coefficient (Wildman–Crippen LogP) is 2.63. The third-order valence-corrected chi connectivity index (χ3v) is 2.06. The van der Waals surface area contributed by atoms with Gasteiger partial charge in [0.25, 0.3) is 0 Å². The van der Waals surface area contributed by atoms with E-state index < -0.39 is 5.60 Å². The predicted molar refractivity (Wildman–Crippen MR) is 74.2 cm³/mol. The lowest BCUT2D eigenvalue weighted by Gasteiger charge is -2.19. The first kappa shape index (κ1) is 14.5. The average Bonchev–Trinajstić information content (AvgIpc) is 2.27. The SMILES string of the molecule is CC(C)(C)OC(=O)CNCC=Cc1ccccc1. The first-order valence-electron chi connectivity index (χ1n) is 6.11. The molecule has 1 N–H and O–H groups in total. The molecule has 0 amide bonds. The van der Waals surface area contributed by atoms with Crippen molar-refractivity contribution in [3.8, 4) is 0 Å². The number of carbonyl (C=O) groups is 1. The van der Waals surface area contributed by atoms with E-state index in [1.807, 2.05) is 63.3 Å². The first-order chi connectivity index (χ1) is 8.47. The van der Waals surface area contributed by atoms with E-state index in [1.165, 1.54) is 0 Å². The van der Waals surface area contributed by atoms with Gasteiger partial charge in [-0.05, 0) is 26.3 Å². The highest BCUT2D eigenvalue weighted by atomic mass is 16.6. The summed E-state index contributed by atoms with van der Waals surface area (Å²) in [6, 6.07) is 10.0. The van der Waals surface area contributed by atoms with Crippen LogP contribution in [-0.2, 0) is 9.53 Å². The van der Waals surface area contributed by atoms with Crippen molar-refractivity contribution in [3.05, 3.63) is 42.0 Å². The molecule has 1 aromatic carbocycles. The van der Waals surface area contributed by atoms with Crippen LogP contribution in [0.15, 0.2) is 36.4 Å². The molecule has 0 saturated carbocycles. The van der Waals surface area contributed by atoms with Gasteiger partial charge in [-0.1, -0.05) is 42.5 Å². The molecule has 0 aliphatic rings. The van der Waals surface area contributed by atoms with Gasteiger partial charge in [-0.15, -0.1) is 0 Å². The molecule has 0 spiro atoms. The second-order valence-electron chi connectivity index (χ2n) is 5.03. The van der Waals surface area contributed by atoms with Crippen LogP contribution in [0.5, 0.6) is 0 Å². The Morgan fingerprint density at radius 2 is 1.94 bits per heavy atom. The first-order valence-corrected chi connectivity index (χ1v) is 6.11. The number of nitrogens with one attached hydrogen (secondary N) is 1. The van der Waals surface area contributed by atoms with Crippen LogP contribution in [0, 0.1) is 0 Å². The lowest BCUT2D eigenvalue weighted by atomic mass is 10.2. The fourth-order valence-corrected chi connectivity index (χ4v) is 1.39. The minimum Gasteiger partial charge on any atom is -0.459 e. The Bertz CT molecular complexity index is 391. The van der Waals surface area contributed by atoms with Gasteiger partial charge in [0.15, 0.2) is 0 Å². The molecule has 0 bridgehead atoms. The summed E-state index contributed by atoms with van der Waals surface area (Å²) >= 11 is 0. The highest BCUT2D eigenvalue weighted by molar-refractivity contribution is 5.72. The van der Waals surface area contributed by atoms with Crippen molar-refractivity contribution in [1.29, 1.82) is 0 Å². The van der Waals surface area contributed by atoms with E-state index in [0.29, 0.717) is 6.54 Å². The number of carbonyl (C=O) groups excluding carboxylic acids is 1. The normalized spacial score (nSPS) is 11.7. The zero-order valence-electron chi connectivity index (χ0n) is 11.3. The van der Waals surface area contributed by atoms with E-state index >= 15 is 0 Å². The number of rotatable bonds is 5. The van der Waals surface area contributed by atoms with E-state index in [9.17, 15) is 4.79 Å². The number of hydrogen-bond donors (Lipinski definition) is 1. The van der Waals surface area contributed by atoms with E-state index in [4.69, 9.17) is 4.74 Å². The van der Waals surface area contributed by atoms with Crippen molar-refractivity contribution >= 4 is 12.0 Å². The monoisotopic (exact) mass is 247 g/mol. The van der Waals surface area contributed by atoms with Gasteiger partial charge in [0.05, 0.1) is 6.54 Å². The van der Waals surface area contributed by atoms with E-state index in [1.54, 1.807) is 0 Å². The average molecular weight is 247 g/mol. The summed E-state index contributed by atoms with van der Waals surface area (Å²) in [5.74, 6) is -0.226. The minimum atomic E-state index is -0.418. The second-order valence-corrected chi connectivity index (χ2v) is 5.03. The summed E-state index contributed by atoms with van der Waals surface area (Å²) in [4.78, 5) is 11.4. The van der Waals surface area contributed by atoms with Crippen molar-refractivity contribution in [2.45, 2.75) is 26.4 Å². The maximum Gasteiger partial charge on any atom is 0.320 e. The molecule has 1 rings (SSSR count). The van der Waals surface area contributed by atoms with Crippen LogP contribution in [0.25, 0.3) is 6.08 Å². The fourth-order valence-electron chi connectivity index (χ4n) is 1.39. The molecular weight excluding hydrogens is 226 g/mol. The number of hydrogen-bond acceptors (Lipinski definition) is 3. The summed E-state index contributed by atoms with van der Waals surface area (Å²) in [6.45, 7) is 6.46. The Kier molecular flexibility index (Phi) is 5.59. The molecule has 0 aromatic heterocycles. The summed E-state index contributed by atoms with van der Waals surface area (Å²) in [7, 11) is 0. The highest BCUT2D eigenvalue weighted by Gasteiger charge is 2.15. The summed E-state index contributed by atoms with van der Waals surface area (Å²) in [5, 5.41) is 3.02. The molecule has 3 nitrogen and oxygen atoms in total. The van der Waals surface area contributed by atoms with E-state index in [-0.39, 0.29) is 12.5 Å². The molecule has 0 aliphatic carbocycles. The zero-order chi connectivity index (χ0) is 13.4. The van der Waals surface area contributed by atoms with Gasteiger partial charge in [-0.2, -0.15) is 0 Å². The summed E-state index contributed by atoms with van der Waals surface area (Å²) < 4.78 is 5.18. The quantitative estimate of drug-likeness (QED) is 0.642. The molecule has 98 valence electrons. The second kappa shape index (κ2) is 6.97. The van der Waals surface area contributed by atoms with Crippen molar-refractivity contribution in [1.82, 2.24) is 5.32 Å². The molecule has 18 heavy (non-hydrogen) atoms. The van der Waals surface area contributed by atoms with E-state index in [2.05, 4.69) is 5.32 Å². The third-order valence-electron chi connectivity index (χ3n) is 2.06. The Hall–Kier alpha value is -1.61. The standard InChI is InChI=1S/C15H21NO2/c1-15(2,3)18-14(17)12-16-11-7-10-13-8-5-4-6-9-13/h4-10,16H,11-12H2,1-3H3. The Balaban J connectivity index is 2.19. The van der Waals surface area contributed by atoms with Crippen LogP contribution >= 0.6 is 0 Å². The Morgan fingerprint density at radius 3 is 2.56 bits per heavy atom. The van der Waals surface area contributed by atoms with Gasteiger partial charge in [0.2, 0.25) is 0 Å². The molecular formula is C15H21NO2. The van der Waals surface area contributed by atoms with Gasteiger partial charge < -0.3 is 10.1 Å². The number of ether oxygens (including phenoxy) is 1. The Morgan fingerprint density at radius 1 is 1.28 bits per heavy atom. The van der Waals surface area contributed by atoms with Gasteiger partial charge in [-0.3, -0.25) is 4.79 Å². The van der Waals surface area contributed by atoms with Gasteiger partial charge in [0, 0.05) is 6.54 Å². The van der Waals surface area contributed by atoms with E-state index in [0.717, 1.165) is 5.56 Å². The summed E-state index contributed by atoms with van der Waals surface area (Å²) in [6.07, 6.45) is 4.00. The van der Waals surface area contributed by atoms with Gasteiger partial charge in [0.1, 0.15) is 5.60 Å². The van der Waals surface area contributed by atoms with Crippen LogP contribution in [-0.4, -0.2) is 24.7 Å². The van der Waals surface area contributed by atoms with Crippen molar-refractivity contribution in [2.24, 2.45) is 0 Å². The van der Waals surface area contributed by atoms with Crippen molar-refractivity contribution in [2.75, 3.05) is 13.1 Å². The lowest BCUT2D eigenvalue weighted by Crippen LogP contribution is -2.31. The van der Waals surface area contributed by atoms with Crippen LogP contribution in [0.1, 0.15) is 26.3 Å². The maximum absolute atomic E-state index is 11.4. The van der Waals surface area contributed by atoms with Gasteiger partial charge >= 0.3 is 5.97 Å². The molecule has 0 atom stereocenters. The number of esters is 1. The van der Waals surface area contributed by atoms with Crippen LogP contribution in [0.2, 0.25) is 0 Å². The molecule has 3 heteroatoms. The topological polar surface area (TPSA) is 38.3 Å². The highest BCUT2D eigenvalue weighted by Crippen LogP contribution is 2.06. The van der Waals surface area contributed by atoms with Crippen LogP contribution in [0.3, 0.4) is 0 Å². The minimum absolute atomic E-state index is 0.226. The van der Waals surface area contributed by atoms with Crippen LogP contribution in [0.4, 0.5) is 0 Å². The maximum atomic E-state index is 11.4. The molecule has 0 unspecified atom stereocenters. The van der Waals surface area contributed by atoms with Gasteiger partial charge in [-0.25, -0.2) is 0 Å². The fraction of sp³-hybridized carbons (Fsp3) is 0.400. The molecule has 0 radical (unpaired) electrons. The molecule has 0 heterocycles. The molecule has 0 fully saturated rings. The molecule has 1 aromatic rings. The number of benzene rings is 1. The summed E-state index contributed by atoms with van der Waals surface area (Å²) in [5.41, 5.74) is 0.732.